The third-order valence-corrected chi connectivity index (χ3v) is 3.79. The molecule has 2 amide bonds. The van der Waals surface area contributed by atoms with E-state index in [1.54, 1.807) is 18.2 Å². The predicted octanol–water partition coefficient (Wildman–Crippen LogP) is 0.882. The summed E-state index contributed by atoms with van der Waals surface area (Å²) >= 11 is 2.07. The molecule has 1 saturated heterocycles. The van der Waals surface area contributed by atoms with Crippen LogP contribution in [-0.2, 0) is 4.79 Å². The Morgan fingerprint density at radius 1 is 1.50 bits per heavy atom. The third-order valence-electron chi connectivity index (χ3n) is 2.85. The minimum absolute atomic E-state index is 0.111. The van der Waals surface area contributed by atoms with E-state index in [2.05, 4.69) is 33.2 Å². The minimum atomic E-state index is -0.429. The number of piperidine rings is 1. The third kappa shape index (κ3) is 2.92. The van der Waals surface area contributed by atoms with Crippen molar-refractivity contribution in [2.45, 2.75) is 18.9 Å². The molecule has 0 radical (unpaired) electrons. The van der Waals surface area contributed by atoms with Crippen molar-refractivity contribution in [3.05, 3.63) is 27.3 Å². The molecule has 6 heteroatoms. The van der Waals surface area contributed by atoms with Crippen molar-refractivity contribution >= 4 is 40.1 Å². The number of anilines is 1. The number of rotatable bonds is 2. The number of amides is 2. The van der Waals surface area contributed by atoms with Crippen LogP contribution in [0.5, 0.6) is 0 Å². The molecule has 0 spiro atoms. The van der Waals surface area contributed by atoms with Crippen LogP contribution in [0.2, 0.25) is 0 Å². The lowest BCUT2D eigenvalue weighted by Gasteiger charge is -2.22. The molecule has 1 aliphatic heterocycles. The molecule has 1 heterocycles. The fourth-order valence-corrected chi connectivity index (χ4v) is 2.34. The Morgan fingerprint density at radius 2 is 2.28 bits per heavy atom. The van der Waals surface area contributed by atoms with Gasteiger partial charge in [-0.25, -0.2) is 0 Å². The molecule has 0 bridgehead atoms. The quantitative estimate of drug-likeness (QED) is 0.542. The summed E-state index contributed by atoms with van der Waals surface area (Å²) in [6.45, 7) is 0.685. The van der Waals surface area contributed by atoms with Crippen LogP contribution >= 0.6 is 22.6 Å². The first-order valence-electron chi connectivity index (χ1n) is 5.71. The smallest absolute Gasteiger partial charge is 0.251 e. The Morgan fingerprint density at radius 3 is 2.94 bits per heavy atom. The fraction of sp³-hybridized carbons (Fsp3) is 0.333. The average Bonchev–Trinajstić information content (AvgIpc) is 2.35. The number of benzene rings is 1. The van der Waals surface area contributed by atoms with E-state index in [0.29, 0.717) is 24.2 Å². The number of hydrogen-bond donors (Lipinski definition) is 3. The number of carbonyl (C=O) groups excluding carboxylic acids is 2. The van der Waals surface area contributed by atoms with Crippen molar-refractivity contribution in [1.29, 1.82) is 0 Å². The van der Waals surface area contributed by atoms with Gasteiger partial charge in [-0.2, -0.15) is 0 Å². The van der Waals surface area contributed by atoms with Crippen LogP contribution in [0.3, 0.4) is 0 Å². The highest BCUT2D eigenvalue weighted by atomic mass is 127. The van der Waals surface area contributed by atoms with Gasteiger partial charge < -0.3 is 16.4 Å². The van der Waals surface area contributed by atoms with E-state index in [4.69, 9.17) is 5.73 Å². The van der Waals surface area contributed by atoms with Crippen molar-refractivity contribution in [3.63, 3.8) is 0 Å². The maximum Gasteiger partial charge on any atom is 0.251 e. The van der Waals surface area contributed by atoms with Crippen molar-refractivity contribution in [2.24, 2.45) is 0 Å². The molecule has 1 atom stereocenters. The molecule has 0 aliphatic carbocycles. The van der Waals surface area contributed by atoms with Gasteiger partial charge in [0.15, 0.2) is 0 Å². The van der Waals surface area contributed by atoms with Crippen LogP contribution in [0.1, 0.15) is 23.2 Å². The van der Waals surface area contributed by atoms with Gasteiger partial charge in [0.05, 0.1) is 0 Å². The zero-order valence-corrected chi connectivity index (χ0v) is 11.9. The van der Waals surface area contributed by atoms with Crippen molar-refractivity contribution in [2.75, 3.05) is 12.3 Å². The Labute approximate surface area is 119 Å². The summed E-state index contributed by atoms with van der Waals surface area (Å²) in [5.74, 6) is -0.352. The second-order valence-electron chi connectivity index (χ2n) is 4.20. The zero-order valence-electron chi connectivity index (χ0n) is 9.70. The summed E-state index contributed by atoms with van der Waals surface area (Å²) in [5.41, 5.74) is 6.85. The van der Waals surface area contributed by atoms with Gasteiger partial charge in [0.1, 0.15) is 6.04 Å². The van der Waals surface area contributed by atoms with Crippen LogP contribution < -0.4 is 16.4 Å². The van der Waals surface area contributed by atoms with Gasteiger partial charge in [0.2, 0.25) is 5.91 Å². The van der Waals surface area contributed by atoms with Crippen molar-refractivity contribution in [1.82, 2.24) is 10.6 Å². The highest BCUT2D eigenvalue weighted by Crippen LogP contribution is 2.16. The summed E-state index contributed by atoms with van der Waals surface area (Å²) in [4.78, 5) is 23.5. The molecule has 18 heavy (non-hydrogen) atoms. The molecule has 2 rings (SSSR count). The maximum absolute atomic E-state index is 12.0. The average molecular weight is 359 g/mol. The molecule has 1 aromatic carbocycles. The summed E-state index contributed by atoms with van der Waals surface area (Å²) < 4.78 is 0.827. The highest BCUT2D eigenvalue weighted by molar-refractivity contribution is 14.1. The molecule has 96 valence electrons. The number of nitrogen functional groups attached to an aromatic ring is 1. The molecule has 0 saturated carbocycles. The molecule has 5 nitrogen and oxygen atoms in total. The van der Waals surface area contributed by atoms with Crippen molar-refractivity contribution in [3.8, 4) is 0 Å². The lowest BCUT2D eigenvalue weighted by atomic mass is 10.1. The Hall–Kier alpha value is -1.31. The minimum Gasteiger partial charge on any atom is -0.398 e. The molecule has 0 aromatic heterocycles. The van der Waals surface area contributed by atoms with Crippen LogP contribution in [-0.4, -0.2) is 24.4 Å². The molecule has 4 N–H and O–H groups in total. The van der Waals surface area contributed by atoms with E-state index in [1.165, 1.54) is 0 Å². The predicted molar refractivity (Wildman–Crippen MR) is 77.1 cm³/mol. The SMILES string of the molecule is Nc1ccc(C(=O)NC2CCCNC2=O)cc1I. The summed E-state index contributed by atoms with van der Waals surface area (Å²) in [7, 11) is 0. The van der Waals surface area contributed by atoms with Gasteiger partial charge >= 0.3 is 0 Å². The van der Waals surface area contributed by atoms with Crippen LogP contribution in [0.4, 0.5) is 5.69 Å². The molecular weight excluding hydrogens is 345 g/mol. The van der Waals surface area contributed by atoms with E-state index >= 15 is 0 Å². The van der Waals surface area contributed by atoms with Crippen LogP contribution in [0.25, 0.3) is 0 Å². The summed E-state index contributed by atoms with van der Waals surface area (Å²) in [5, 5.41) is 5.47. The number of hydrogen-bond acceptors (Lipinski definition) is 3. The van der Waals surface area contributed by atoms with Gasteiger partial charge in [-0.15, -0.1) is 0 Å². The van der Waals surface area contributed by atoms with Gasteiger partial charge in [0.25, 0.3) is 5.91 Å². The van der Waals surface area contributed by atoms with E-state index < -0.39 is 6.04 Å². The summed E-state index contributed by atoms with van der Waals surface area (Å²) in [6, 6.07) is 4.64. The van der Waals surface area contributed by atoms with E-state index in [1.807, 2.05) is 0 Å². The Bertz CT molecular complexity index is 490. The highest BCUT2D eigenvalue weighted by Gasteiger charge is 2.24. The molecule has 1 fully saturated rings. The Kier molecular flexibility index (Phi) is 4.05. The first-order valence-corrected chi connectivity index (χ1v) is 6.79. The van der Waals surface area contributed by atoms with E-state index in [0.717, 1.165) is 9.99 Å². The monoisotopic (exact) mass is 359 g/mol. The normalized spacial score (nSPS) is 19.2. The number of halogens is 1. The van der Waals surface area contributed by atoms with E-state index in [-0.39, 0.29) is 11.8 Å². The molecule has 1 unspecified atom stereocenters. The van der Waals surface area contributed by atoms with Gasteiger partial charge in [-0.05, 0) is 53.6 Å². The summed E-state index contributed by atoms with van der Waals surface area (Å²) in [6.07, 6.45) is 1.57. The Balaban J connectivity index is 2.07. The number of nitrogens with two attached hydrogens (primary N) is 1. The maximum atomic E-state index is 12.0. The number of carbonyl (C=O) groups is 2. The lowest BCUT2D eigenvalue weighted by Crippen LogP contribution is -2.50. The first kappa shape index (κ1) is 13.1. The van der Waals surface area contributed by atoms with Crippen LogP contribution in [0, 0.1) is 3.57 Å². The van der Waals surface area contributed by atoms with Gasteiger partial charge in [0, 0.05) is 21.4 Å². The molecule has 1 aromatic rings. The number of nitrogens with one attached hydrogen (secondary N) is 2. The second kappa shape index (κ2) is 5.55. The molecular formula is C12H14IN3O2. The van der Waals surface area contributed by atoms with Gasteiger partial charge in [-0.3, -0.25) is 9.59 Å². The lowest BCUT2D eigenvalue weighted by molar-refractivity contribution is -0.124. The standard InChI is InChI=1S/C12H14IN3O2/c13-8-6-7(3-4-9(8)14)11(17)16-10-2-1-5-15-12(10)18/h3-4,6,10H,1-2,5,14H2,(H,15,18)(H,16,17). The second-order valence-corrected chi connectivity index (χ2v) is 5.36. The zero-order chi connectivity index (χ0) is 13.1. The van der Waals surface area contributed by atoms with Crippen LogP contribution in [0.15, 0.2) is 18.2 Å². The van der Waals surface area contributed by atoms with Crippen molar-refractivity contribution < 1.29 is 9.59 Å². The largest absolute Gasteiger partial charge is 0.398 e. The van der Waals surface area contributed by atoms with E-state index in [9.17, 15) is 9.59 Å². The topological polar surface area (TPSA) is 84.2 Å². The van der Waals surface area contributed by atoms with Gasteiger partial charge in [-0.1, -0.05) is 0 Å². The first-order chi connectivity index (χ1) is 8.58. The molecule has 1 aliphatic rings. The fourth-order valence-electron chi connectivity index (χ4n) is 1.82.